The number of sulfonamides is 1. The topological polar surface area (TPSA) is 85.1 Å². The Bertz CT molecular complexity index is 671. The van der Waals surface area contributed by atoms with Gasteiger partial charge in [0.05, 0.1) is 0 Å². The fourth-order valence-corrected chi connectivity index (χ4v) is 3.13. The largest absolute Gasteiger partial charge is 0.399 e. The van der Waals surface area contributed by atoms with Gasteiger partial charge in [-0.25, -0.2) is 22.2 Å². The van der Waals surface area contributed by atoms with Gasteiger partial charge in [0.15, 0.2) is 16.8 Å². The van der Waals surface area contributed by atoms with Crippen LogP contribution in [0, 0.1) is 11.6 Å². The van der Waals surface area contributed by atoms with Crippen molar-refractivity contribution >= 4 is 32.2 Å². The standard InChI is InChI=1S/C9H7F2N3O2S2/c10-6-3-5(12)4-7(8(6)11)18(15,16)14-9-13-1-2-17-9/h1-4H,12H2,(H,13,14). The predicted octanol–water partition coefficient (Wildman–Crippen LogP) is 1.80. The molecule has 18 heavy (non-hydrogen) atoms. The first-order valence-electron chi connectivity index (χ1n) is 4.57. The number of nitrogens with zero attached hydrogens (tertiary/aromatic N) is 1. The van der Waals surface area contributed by atoms with Gasteiger partial charge in [-0.15, -0.1) is 11.3 Å². The van der Waals surface area contributed by atoms with Crippen molar-refractivity contribution in [3.8, 4) is 0 Å². The molecule has 0 fully saturated rings. The molecule has 0 radical (unpaired) electrons. The summed E-state index contributed by atoms with van der Waals surface area (Å²) in [6.07, 6.45) is 1.37. The van der Waals surface area contributed by atoms with Crippen LogP contribution < -0.4 is 10.5 Å². The van der Waals surface area contributed by atoms with Crippen molar-refractivity contribution in [2.75, 3.05) is 10.5 Å². The lowest BCUT2D eigenvalue weighted by Gasteiger charge is -2.07. The average molecular weight is 291 g/mol. The Labute approximate surface area is 105 Å². The van der Waals surface area contributed by atoms with E-state index >= 15 is 0 Å². The number of rotatable bonds is 3. The Morgan fingerprint density at radius 1 is 1.33 bits per heavy atom. The first-order chi connectivity index (χ1) is 8.40. The molecule has 0 amide bonds. The number of anilines is 2. The molecule has 1 heterocycles. The molecule has 2 aromatic rings. The van der Waals surface area contributed by atoms with Crippen molar-refractivity contribution in [2.24, 2.45) is 0 Å². The lowest BCUT2D eigenvalue weighted by molar-refractivity contribution is 0.486. The van der Waals surface area contributed by atoms with Crippen molar-refractivity contribution in [2.45, 2.75) is 4.90 Å². The highest BCUT2D eigenvalue weighted by atomic mass is 32.2. The number of halogens is 2. The summed E-state index contributed by atoms with van der Waals surface area (Å²) < 4.78 is 52.2. The lowest BCUT2D eigenvalue weighted by atomic mass is 10.3. The maximum atomic E-state index is 13.4. The number of nitrogens with two attached hydrogens (primary N) is 1. The molecule has 0 saturated carbocycles. The third-order valence-electron chi connectivity index (χ3n) is 1.96. The molecule has 5 nitrogen and oxygen atoms in total. The summed E-state index contributed by atoms with van der Waals surface area (Å²) in [6, 6.07) is 1.55. The van der Waals surface area contributed by atoms with Crippen LogP contribution in [0.15, 0.2) is 28.6 Å². The number of nitrogen functional groups attached to an aromatic ring is 1. The van der Waals surface area contributed by atoms with E-state index in [1.807, 2.05) is 4.72 Å². The van der Waals surface area contributed by atoms with Gasteiger partial charge >= 0.3 is 0 Å². The zero-order chi connectivity index (χ0) is 13.3. The number of nitrogens with one attached hydrogen (secondary N) is 1. The summed E-state index contributed by atoms with van der Waals surface area (Å²) in [4.78, 5) is 2.83. The number of aromatic nitrogens is 1. The number of thiazole rings is 1. The third kappa shape index (κ3) is 2.41. The smallest absolute Gasteiger partial charge is 0.266 e. The molecule has 0 aliphatic rings. The van der Waals surface area contributed by atoms with Crippen LogP contribution in [0.3, 0.4) is 0 Å². The van der Waals surface area contributed by atoms with E-state index in [-0.39, 0.29) is 10.8 Å². The van der Waals surface area contributed by atoms with Gasteiger partial charge in [-0.05, 0) is 12.1 Å². The summed E-state index contributed by atoms with van der Waals surface area (Å²) in [7, 11) is -4.26. The minimum Gasteiger partial charge on any atom is -0.399 e. The van der Waals surface area contributed by atoms with Gasteiger partial charge in [-0.2, -0.15) is 0 Å². The number of hydrogen-bond donors (Lipinski definition) is 2. The highest BCUT2D eigenvalue weighted by Gasteiger charge is 2.23. The van der Waals surface area contributed by atoms with Crippen molar-refractivity contribution in [3.05, 3.63) is 35.3 Å². The van der Waals surface area contributed by atoms with E-state index < -0.39 is 26.6 Å². The van der Waals surface area contributed by atoms with Crippen LogP contribution in [0.2, 0.25) is 0 Å². The molecule has 0 atom stereocenters. The fraction of sp³-hybridized carbons (Fsp3) is 0. The Kier molecular flexibility index (Phi) is 3.18. The van der Waals surface area contributed by atoms with E-state index in [1.165, 1.54) is 11.6 Å². The minimum absolute atomic E-state index is 0.0530. The zero-order valence-electron chi connectivity index (χ0n) is 8.72. The van der Waals surface area contributed by atoms with E-state index in [9.17, 15) is 17.2 Å². The summed E-state index contributed by atoms with van der Waals surface area (Å²) in [5, 5.41) is 1.59. The SMILES string of the molecule is Nc1cc(F)c(F)c(S(=O)(=O)Nc2nccs2)c1. The molecule has 3 N–H and O–H groups in total. The van der Waals surface area contributed by atoms with E-state index in [0.717, 1.165) is 17.4 Å². The van der Waals surface area contributed by atoms with Crippen molar-refractivity contribution in [1.82, 2.24) is 4.98 Å². The monoisotopic (exact) mass is 291 g/mol. The highest BCUT2D eigenvalue weighted by Crippen LogP contribution is 2.24. The number of hydrogen-bond acceptors (Lipinski definition) is 5. The fourth-order valence-electron chi connectivity index (χ4n) is 1.22. The Balaban J connectivity index is 2.48. The molecule has 0 bridgehead atoms. The first kappa shape index (κ1) is 12.7. The molecule has 0 unspecified atom stereocenters. The van der Waals surface area contributed by atoms with Crippen LogP contribution in [0.1, 0.15) is 0 Å². The predicted molar refractivity (Wildman–Crippen MR) is 63.7 cm³/mol. The van der Waals surface area contributed by atoms with Crippen LogP contribution in [-0.2, 0) is 10.0 Å². The third-order valence-corrected chi connectivity index (χ3v) is 4.12. The molecule has 0 aliphatic heterocycles. The second kappa shape index (κ2) is 4.50. The average Bonchev–Trinajstić information content (AvgIpc) is 2.75. The molecule has 0 spiro atoms. The van der Waals surface area contributed by atoms with E-state index in [0.29, 0.717) is 6.07 Å². The van der Waals surface area contributed by atoms with Crippen LogP contribution in [0.5, 0.6) is 0 Å². The molecule has 96 valence electrons. The summed E-state index contributed by atoms with van der Waals surface area (Å²) in [6.45, 7) is 0. The summed E-state index contributed by atoms with van der Waals surface area (Å²) >= 11 is 1.01. The van der Waals surface area contributed by atoms with Gasteiger partial charge < -0.3 is 5.73 Å². The highest BCUT2D eigenvalue weighted by molar-refractivity contribution is 7.93. The summed E-state index contributed by atoms with van der Waals surface area (Å²) in [5.41, 5.74) is 5.10. The Morgan fingerprint density at radius 2 is 2.06 bits per heavy atom. The zero-order valence-corrected chi connectivity index (χ0v) is 10.4. The molecule has 1 aromatic heterocycles. The second-order valence-electron chi connectivity index (χ2n) is 3.26. The van der Waals surface area contributed by atoms with Gasteiger partial charge in [0.1, 0.15) is 4.90 Å². The molecule has 9 heteroatoms. The molecular weight excluding hydrogens is 284 g/mol. The van der Waals surface area contributed by atoms with Crippen molar-refractivity contribution in [3.63, 3.8) is 0 Å². The first-order valence-corrected chi connectivity index (χ1v) is 6.93. The molecule has 0 saturated heterocycles. The van der Waals surface area contributed by atoms with Crippen LogP contribution in [-0.4, -0.2) is 13.4 Å². The van der Waals surface area contributed by atoms with Gasteiger partial charge in [0, 0.05) is 17.3 Å². The van der Waals surface area contributed by atoms with Crippen LogP contribution in [0.4, 0.5) is 19.6 Å². The van der Waals surface area contributed by atoms with Gasteiger partial charge in [0.25, 0.3) is 10.0 Å². The second-order valence-corrected chi connectivity index (χ2v) is 5.80. The van der Waals surface area contributed by atoms with Gasteiger partial charge in [-0.1, -0.05) is 0 Å². The Morgan fingerprint density at radius 3 is 2.67 bits per heavy atom. The maximum Gasteiger partial charge on any atom is 0.266 e. The van der Waals surface area contributed by atoms with Crippen LogP contribution in [0.25, 0.3) is 0 Å². The minimum atomic E-state index is -4.26. The maximum absolute atomic E-state index is 13.4. The molecular formula is C9H7F2N3O2S2. The van der Waals surface area contributed by atoms with E-state index in [2.05, 4.69) is 4.98 Å². The molecule has 0 aliphatic carbocycles. The molecule has 2 rings (SSSR count). The lowest BCUT2D eigenvalue weighted by Crippen LogP contribution is -2.15. The van der Waals surface area contributed by atoms with E-state index in [4.69, 9.17) is 5.73 Å². The van der Waals surface area contributed by atoms with Gasteiger partial charge in [-0.3, -0.25) is 4.72 Å². The summed E-state index contributed by atoms with van der Waals surface area (Å²) in [5.74, 6) is -2.80. The van der Waals surface area contributed by atoms with Gasteiger partial charge in [0.2, 0.25) is 0 Å². The Hall–Kier alpha value is -1.74. The van der Waals surface area contributed by atoms with Crippen molar-refractivity contribution in [1.29, 1.82) is 0 Å². The normalized spacial score (nSPS) is 11.4. The van der Waals surface area contributed by atoms with Crippen molar-refractivity contribution < 1.29 is 17.2 Å². The molecule has 1 aromatic carbocycles. The van der Waals surface area contributed by atoms with Crippen LogP contribution >= 0.6 is 11.3 Å². The quantitative estimate of drug-likeness (QED) is 0.844. The van der Waals surface area contributed by atoms with E-state index in [1.54, 1.807) is 0 Å². The number of benzene rings is 1.